The van der Waals surface area contributed by atoms with Crippen molar-refractivity contribution < 1.29 is 0 Å². The van der Waals surface area contributed by atoms with Gasteiger partial charge < -0.3 is 5.32 Å². The van der Waals surface area contributed by atoms with Gasteiger partial charge in [0.2, 0.25) is 0 Å². The Morgan fingerprint density at radius 2 is 1.75 bits per heavy atom. The van der Waals surface area contributed by atoms with Crippen molar-refractivity contribution >= 4 is 0 Å². The number of piperidine rings is 1. The van der Waals surface area contributed by atoms with Crippen LogP contribution in [-0.4, -0.2) is 29.6 Å². The van der Waals surface area contributed by atoms with Crippen LogP contribution in [0, 0.1) is 0 Å². The van der Waals surface area contributed by atoms with E-state index in [0.717, 1.165) is 6.42 Å². The van der Waals surface area contributed by atoms with Crippen LogP contribution in [0.2, 0.25) is 0 Å². The molecule has 20 heavy (non-hydrogen) atoms. The lowest BCUT2D eigenvalue weighted by atomic mass is 9.96. The number of nitrogens with one attached hydrogen (secondary N) is 1. The lowest BCUT2D eigenvalue weighted by molar-refractivity contribution is 0.0935. The molecule has 2 heteroatoms. The van der Waals surface area contributed by atoms with Gasteiger partial charge >= 0.3 is 0 Å². The molecular formula is C18H30N2. The quantitative estimate of drug-likeness (QED) is 0.893. The number of benzene rings is 1. The summed E-state index contributed by atoms with van der Waals surface area (Å²) in [4.78, 5) is 2.61. The average Bonchev–Trinajstić information content (AvgIpc) is 2.45. The molecule has 1 aromatic carbocycles. The molecule has 0 bridgehead atoms. The highest BCUT2D eigenvalue weighted by Crippen LogP contribution is 2.23. The average molecular weight is 274 g/mol. The van der Waals surface area contributed by atoms with Crippen molar-refractivity contribution in [1.82, 2.24) is 10.2 Å². The van der Waals surface area contributed by atoms with Crippen molar-refractivity contribution in [2.45, 2.75) is 64.6 Å². The van der Waals surface area contributed by atoms with E-state index >= 15 is 0 Å². The van der Waals surface area contributed by atoms with Gasteiger partial charge in [-0.05, 0) is 45.6 Å². The van der Waals surface area contributed by atoms with Gasteiger partial charge in [0.1, 0.15) is 0 Å². The van der Waals surface area contributed by atoms with Crippen LogP contribution in [0.4, 0.5) is 0 Å². The smallest absolute Gasteiger partial charge is 0.0320 e. The second kappa shape index (κ2) is 6.73. The Bertz CT molecular complexity index is 386. The van der Waals surface area contributed by atoms with E-state index in [1.807, 2.05) is 0 Å². The highest BCUT2D eigenvalue weighted by atomic mass is 15.2. The Morgan fingerprint density at radius 3 is 2.25 bits per heavy atom. The maximum absolute atomic E-state index is 3.87. The minimum Gasteiger partial charge on any atom is -0.307 e. The number of hydrogen-bond donors (Lipinski definition) is 1. The molecule has 2 nitrogen and oxygen atoms in total. The van der Waals surface area contributed by atoms with E-state index < -0.39 is 0 Å². The summed E-state index contributed by atoms with van der Waals surface area (Å²) in [6.07, 6.45) is 3.69. The van der Waals surface area contributed by atoms with Crippen LogP contribution in [0.3, 0.4) is 0 Å². The van der Waals surface area contributed by atoms with Gasteiger partial charge in [0.05, 0.1) is 0 Å². The van der Waals surface area contributed by atoms with Crippen molar-refractivity contribution in [2.24, 2.45) is 0 Å². The highest BCUT2D eigenvalue weighted by Gasteiger charge is 2.27. The predicted octanol–water partition coefficient (Wildman–Crippen LogP) is 3.99. The first-order valence-electron chi connectivity index (χ1n) is 8.06. The fourth-order valence-corrected chi connectivity index (χ4v) is 3.14. The van der Waals surface area contributed by atoms with Crippen LogP contribution < -0.4 is 5.32 Å². The van der Waals surface area contributed by atoms with Crippen molar-refractivity contribution in [3.8, 4) is 0 Å². The van der Waals surface area contributed by atoms with Crippen LogP contribution >= 0.6 is 0 Å². The molecule has 1 heterocycles. The van der Waals surface area contributed by atoms with Crippen molar-refractivity contribution in [1.29, 1.82) is 0 Å². The van der Waals surface area contributed by atoms with Gasteiger partial charge in [0.25, 0.3) is 0 Å². The number of nitrogens with zero attached hydrogens (tertiary/aromatic N) is 1. The van der Waals surface area contributed by atoms with Crippen molar-refractivity contribution in [2.75, 3.05) is 13.1 Å². The molecule has 0 spiro atoms. The summed E-state index contributed by atoms with van der Waals surface area (Å²) in [6, 6.07) is 12.0. The lowest BCUT2D eigenvalue weighted by Crippen LogP contribution is -2.50. The normalized spacial score (nSPS) is 20.0. The maximum atomic E-state index is 3.87. The Morgan fingerprint density at radius 1 is 1.15 bits per heavy atom. The first-order valence-corrected chi connectivity index (χ1v) is 8.06. The molecule has 112 valence electrons. The topological polar surface area (TPSA) is 15.3 Å². The second-order valence-electron chi connectivity index (χ2n) is 6.97. The number of hydrogen-bond acceptors (Lipinski definition) is 2. The van der Waals surface area contributed by atoms with E-state index in [1.54, 1.807) is 0 Å². The molecule has 0 amide bonds. The highest BCUT2D eigenvalue weighted by molar-refractivity contribution is 5.18. The Hall–Kier alpha value is -0.860. The van der Waals surface area contributed by atoms with Crippen LogP contribution in [-0.2, 0) is 0 Å². The lowest BCUT2D eigenvalue weighted by Gasteiger charge is -2.41. The molecule has 1 aliphatic heterocycles. The zero-order valence-corrected chi connectivity index (χ0v) is 13.5. The minimum atomic E-state index is 0.314. The van der Waals surface area contributed by atoms with Gasteiger partial charge in [0, 0.05) is 30.7 Å². The number of rotatable bonds is 4. The van der Waals surface area contributed by atoms with Gasteiger partial charge in [0.15, 0.2) is 0 Å². The standard InChI is InChI=1S/C18H30N2/c1-5-17(15-9-7-6-8-10-15)19-16-11-13-20(14-12-16)18(2,3)4/h6-10,16-17,19H,5,11-14H2,1-4H3. The molecule has 0 aliphatic carbocycles. The third kappa shape index (κ3) is 4.07. The molecule has 1 saturated heterocycles. The second-order valence-corrected chi connectivity index (χ2v) is 6.97. The molecular weight excluding hydrogens is 244 g/mol. The van der Waals surface area contributed by atoms with Gasteiger partial charge in [-0.15, -0.1) is 0 Å². The molecule has 1 fully saturated rings. The maximum Gasteiger partial charge on any atom is 0.0320 e. The molecule has 2 rings (SSSR count). The van der Waals surface area contributed by atoms with Gasteiger partial charge in [-0.1, -0.05) is 37.3 Å². The van der Waals surface area contributed by atoms with E-state index in [4.69, 9.17) is 0 Å². The first-order chi connectivity index (χ1) is 9.50. The summed E-state index contributed by atoms with van der Waals surface area (Å²) < 4.78 is 0. The van der Waals surface area contributed by atoms with E-state index in [1.165, 1.54) is 31.5 Å². The summed E-state index contributed by atoms with van der Waals surface area (Å²) in [7, 11) is 0. The van der Waals surface area contributed by atoms with Crippen LogP contribution in [0.1, 0.15) is 58.6 Å². The van der Waals surface area contributed by atoms with Gasteiger partial charge in [-0.25, -0.2) is 0 Å². The molecule has 1 atom stereocenters. The molecule has 1 unspecified atom stereocenters. The van der Waals surface area contributed by atoms with E-state index in [2.05, 4.69) is 68.2 Å². The summed E-state index contributed by atoms with van der Waals surface area (Å²) in [5.41, 5.74) is 1.74. The Kier molecular flexibility index (Phi) is 5.22. The fourth-order valence-electron chi connectivity index (χ4n) is 3.14. The van der Waals surface area contributed by atoms with Crippen molar-refractivity contribution in [3.63, 3.8) is 0 Å². The monoisotopic (exact) mass is 274 g/mol. The summed E-state index contributed by atoms with van der Waals surface area (Å²) in [6.45, 7) is 11.7. The summed E-state index contributed by atoms with van der Waals surface area (Å²) >= 11 is 0. The zero-order chi connectivity index (χ0) is 14.6. The van der Waals surface area contributed by atoms with Gasteiger partial charge in [-0.3, -0.25) is 4.90 Å². The summed E-state index contributed by atoms with van der Waals surface area (Å²) in [5.74, 6) is 0. The third-order valence-electron chi connectivity index (χ3n) is 4.49. The predicted molar refractivity (Wildman–Crippen MR) is 87.0 cm³/mol. The Labute approximate surface area is 124 Å². The third-order valence-corrected chi connectivity index (χ3v) is 4.49. The first kappa shape index (κ1) is 15.5. The minimum absolute atomic E-state index is 0.314. The van der Waals surface area contributed by atoms with E-state index in [9.17, 15) is 0 Å². The largest absolute Gasteiger partial charge is 0.307 e. The molecule has 1 aromatic rings. The molecule has 1 N–H and O–H groups in total. The Balaban J connectivity index is 1.88. The molecule has 0 saturated carbocycles. The summed E-state index contributed by atoms with van der Waals surface area (Å²) in [5, 5.41) is 3.87. The molecule has 0 radical (unpaired) electrons. The van der Waals surface area contributed by atoms with Crippen LogP contribution in [0.5, 0.6) is 0 Å². The SMILES string of the molecule is CCC(NC1CCN(C(C)(C)C)CC1)c1ccccc1. The number of likely N-dealkylation sites (tertiary alicyclic amines) is 1. The van der Waals surface area contributed by atoms with Crippen LogP contribution in [0.25, 0.3) is 0 Å². The van der Waals surface area contributed by atoms with Gasteiger partial charge in [-0.2, -0.15) is 0 Å². The molecule has 1 aliphatic rings. The zero-order valence-electron chi connectivity index (χ0n) is 13.5. The fraction of sp³-hybridized carbons (Fsp3) is 0.667. The van der Waals surface area contributed by atoms with Crippen molar-refractivity contribution in [3.05, 3.63) is 35.9 Å². The van der Waals surface area contributed by atoms with E-state index in [-0.39, 0.29) is 0 Å². The van der Waals surface area contributed by atoms with E-state index in [0.29, 0.717) is 17.6 Å². The molecule has 0 aromatic heterocycles. The van der Waals surface area contributed by atoms with Crippen LogP contribution in [0.15, 0.2) is 30.3 Å².